The highest BCUT2D eigenvalue weighted by Crippen LogP contribution is 2.15. The number of anilines is 1. The Morgan fingerprint density at radius 2 is 1.96 bits per heavy atom. The summed E-state index contributed by atoms with van der Waals surface area (Å²) in [5, 5.41) is 5.05. The first kappa shape index (κ1) is 17.2. The predicted molar refractivity (Wildman–Crippen MR) is 105 cm³/mol. The van der Waals surface area contributed by atoms with E-state index in [9.17, 15) is 0 Å². The topological polar surface area (TPSA) is 19.7 Å². The molecule has 0 aromatic heterocycles. The van der Waals surface area contributed by atoms with E-state index in [1.807, 2.05) is 30.3 Å². The van der Waals surface area contributed by atoms with E-state index in [1.165, 1.54) is 16.0 Å². The molecule has 3 nitrogen and oxygen atoms in total. The lowest BCUT2D eigenvalue weighted by molar-refractivity contribution is -0.927. The number of nitrogens with one attached hydrogen (secondary N) is 2. The van der Waals surface area contributed by atoms with Gasteiger partial charge in [0.25, 0.3) is 0 Å². The van der Waals surface area contributed by atoms with Gasteiger partial charge in [-0.2, -0.15) is 0 Å². The smallest absolute Gasteiger partial charge is 0.177 e. The first-order valence-corrected chi connectivity index (χ1v) is 9.10. The highest BCUT2D eigenvalue weighted by atomic mass is 35.5. The molecule has 2 aromatic rings. The van der Waals surface area contributed by atoms with Crippen molar-refractivity contribution in [3.05, 3.63) is 64.7 Å². The Hall–Kier alpha value is -1.62. The van der Waals surface area contributed by atoms with Crippen molar-refractivity contribution in [2.45, 2.75) is 19.9 Å². The first-order valence-electron chi connectivity index (χ1n) is 8.32. The van der Waals surface area contributed by atoms with E-state index >= 15 is 0 Å². The Labute approximate surface area is 154 Å². The number of hydrogen-bond acceptors (Lipinski definition) is 1. The van der Waals surface area contributed by atoms with Crippen LogP contribution in [-0.2, 0) is 6.54 Å². The molecule has 0 saturated carbocycles. The highest BCUT2D eigenvalue weighted by Gasteiger charge is 2.23. The van der Waals surface area contributed by atoms with E-state index in [-0.39, 0.29) is 0 Å². The normalized spacial score (nSPS) is 17.6. The molecule has 2 N–H and O–H groups in total. The Morgan fingerprint density at radius 1 is 1.21 bits per heavy atom. The molecule has 1 aliphatic heterocycles. The summed E-state index contributed by atoms with van der Waals surface area (Å²) in [6.07, 6.45) is 1.13. The maximum Gasteiger partial charge on any atom is 0.177 e. The third-order valence-electron chi connectivity index (χ3n) is 4.44. The maximum atomic E-state index is 6.30. The van der Waals surface area contributed by atoms with Crippen molar-refractivity contribution in [3.8, 4) is 0 Å². The van der Waals surface area contributed by atoms with Crippen molar-refractivity contribution in [1.29, 1.82) is 0 Å². The average molecular weight is 361 g/mol. The van der Waals surface area contributed by atoms with Crippen LogP contribution in [0, 0.1) is 6.92 Å². The van der Waals surface area contributed by atoms with Gasteiger partial charge in [0.2, 0.25) is 0 Å². The Bertz CT molecular complexity index is 719. The fourth-order valence-corrected chi connectivity index (χ4v) is 3.55. The lowest BCUT2D eigenvalue weighted by Crippen LogP contribution is -3.13. The van der Waals surface area contributed by atoms with Crippen LogP contribution in [0.1, 0.15) is 17.5 Å². The number of benzene rings is 2. The van der Waals surface area contributed by atoms with Crippen molar-refractivity contribution in [2.24, 2.45) is 0 Å². The van der Waals surface area contributed by atoms with Gasteiger partial charge in [-0.05, 0) is 36.8 Å². The van der Waals surface area contributed by atoms with E-state index in [2.05, 4.69) is 35.3 Å². The molecule has 0 radical (unpaired) electrons. The molecule has 1 aliphatic rings. The second-order valence-electron chi connectivity index (χ2n) is 6.29. The third-order valence-corrected chi connectivity index (χ3v) is 5.17. The molecule has 0 aliphatic carbocycles. The number of para-hydroxylation sites is 1. The molecule has 126 valence electrons. The Morgan fingerprint density at radius 3 is 2.75 bits per heavy atom. The van der Waals surface area contributed by atoms with Gasteiger partial charge >= 0.3 is 0 Å². The molecule has 0 spiro atoms. The summed E-state index contributed by atoms with van der Waals surface area (Å²) >= 11 is 11.9. The van der Waals surface area contributed by atoms with Crippen molar-refractivity contribution in [3.63, 3.8) is 0 Å². The second kappa shape index (κ2) is 7.97. The van der Waals surface area contributed by atoms with Crippen molar-refractivity contribution >= 4 is 34.6 Å². The zero-order valence-electron chi connectivity index (χ0n) is 13.9. The minimum Gasteiger partial charge on any atom is -0.332 e. The summed E-state index contributed by atoms with van der Waals surface area (Å²) in [6.45, 7) is 6.08. The van der Waals surface area contributed by atoms with Crippen molar-refractivity contribution in [1.82, 2.24) is 4.90 Å². The van der Waals surface area contributed by atoms with Gasteiger partial charge in [-0.15, -0.1) is 0 Å². The molecule has 2 aromatic carbocycles. The second-order valence-corrected chi connectivity index (χ2v) is 7.08. The molecule has 1 fully saturated rings. The third kappa shape index (κ3) is 4.26. The minimum absolute atomic E-state index is 0.806. The summed E-state index contributed by atoms with van der Waals surface area (Å²) < 4.78 is 0. The van der Waals surface area contributed by atoms with E-state index in [0.717, 1.165) is 48.5 Å². The van der Waals surface area contributed by atoms with E-state index in [4.69, 9.17) is 23.8 Å². The summed E-state index contributed by atoms with van der Waals surface area (Å²) in [7, 11) is 0. The molecule has 0 amide bonds. The molecule has 5 heteroatoms. The van der Waals surface area contributed by atoms with Crippen LogP contribution < -0.4 is 10.2 Å². The zero-order chi connectivity index (χ0) is 16.9. The molecule has 24 heavy (non-hydrogen) atoms. The Balaban J connectivity index is 1.62. The quantitative estimate of drug-likeness (QED) is 0.821. The van der Waals surface area contributed by atoms with E-state index < -0.39 is 0 Å². The SMILES string of the molecule is Cc1ccccc1NC(=S)N1CCC[NH+](Cc2ccccc2Cl)C1. The van der Waals surface area contributed by atoms with Crippen LogP contribution in [0.25, 0.3) is 0 Å². The standard InChI is InChI=1S/C19H22ClN3S/c1-15-7-2-5-10-18(15)21-19(24)23-12-6-11-22(14-23)13-16-8-3-4-9-17(16)20/h2-5,7-10H,6,11-14H2,1H3,(H,21,24)/p+1. The predicted octanol–water partition coefficient (Wildman–Crippen LogP) is 3.09. The monoisotopic (exact) mass is 360 g/mol. The van der Waals surface area contributed by atoms with Gasteiger partial charge in [0.05, 0.1) is 6.54 Å². The molecular weight excluding hydrogens is 338 g/mol. The van der Waals surface area contributed by atoms with E-state index in [0.29, 0.717) is 0 Å². The average Bonchev–Trinajstić information content (AvgIpc) is 2.59. The maximum absolute atomic E-state index is 6.30. The van der Waals surface area contributed by atoms with Gasteiger partial charge in [0, 0.05) is 29.2 Å². The molecule has 1 heterocycles. The van der Waals surface area contributed by atoms with Gasteiger partial charge in [-0.25, -0.2) is 0 Å². The van der Waals surface area contributed by atoms with Crippen LogP contribution in [0.4, 0.5) is 5.69 Å². The van der Waals surface area contributed by atoms with Gasteiger partial charge in [-0.3, -0.25) is 0 Å². The lowest BCUT2D eigenvalue weighted by atomic mass is 10.2. The molecule has 1 saturated heterocycles. The molecular formula is C19H23ClN3S+. The van der Waals surface area contributed by atoms with Crippen LogP contribution in [0.3, 0.4) is 0 Å². The molecule has 0 bridgehead atoms. The fourth-order valence-electron chi connectivity index (χ4n) is 3.08. The zero-order valence-corrected chi connectivity index (χ0v) is 15.5. The first-order chi connectivity index (χ1) is 11.6. The number of rotatable bonds is 3. The Kier molecular flexibility index (Phi) is 5.72. The summed E-state index contributed by atoms with van der Waals surface area (Å²) in [5.41, 5.74) is 3.49. The van der Waals surface area contributed by atoms with Crippen LogP contribution >= 0.6 is 23.8 Å². The summed E-state index contributed by atoms with van der Waals surface area (Å²) in [5.74, 6) is 0. The van der Waals surface area contributed by atoms with Crippen LogP contribution in [0.2, 0.25) is 5.02 Å². The largest absolute Gasteiger partial charge is 0.332 e. The molecule has 1 unspecified atom stereocenters. The van der Waals surface area contributed by atoms with Crippen molar-refractivity contribution in [2.75, 3.05) is 25.1 Å². The van der Waals surface area contributed by atoms with Gasteiger partial charge in [-0.1, -0.05) is 48.0 Å². The number of aryl methyl sites for hydroxylation is 1. The minimum atomic E-state index is 0.806. The number of thiocarbonyl (C=S) groups is 1. The van der Waals surface area contributed by atoms with Crippen molar-refractivity contribution < 1.29 is 4.90 Å². The van der Waals surface area contributed by atoms with Crippen LogP contribution in [-0.4, -0.2) is 29.8 Å². The fraction of sp³-hybridized carbons (Fsp3) is 0.316. The highest BCUT2D eigenvalue weighted by molar-refractivity contribution is 7.80. The molecule has 1 atom stereocenters. The summed E-state index contributed by atoms with van der Waals surface area (Å²) in [6, 6.07) is 16.3. The lowest BCUT2D eigenvalue weighted by Gasteiger charge is -2.34. The number of hydrogen-bond donors (Lipinski definition) is 2. The summed E-state index contributed by atoms with van der Waals surface area (Å²) in [4.78, 5) is 3.75. The number of halogens is 1. The number of nitrogens with zero attached hydrogens (tertiary/aromatic N) is 1. The van der Waals surface area contributed by atoms with Gasteiger partial charge < -0.3 is 15.1 Å². The molecule has 3 rings (SSSR count). The van der Waals surface area contributed by atoms with E-state index in [1.54, 1.807) is 0 Å². The van der Waals surface area contributed by atoms with Crippen LogP contribution in [0.15, 0.2) is 48.5 Å². The van der Waals surface area contributed by atoms with Gasteiger partial charge in [0.15, 0.2) is 11.8 Å². The van der Waals surface area contributed by atoms with Gasteiger partial charge in [0.1, 0.15) is 6.54 Å². The number of quaternary nitrogens is 1. The van der Waals surface area contributed by atoms with Crippen LogP contribution in [0.5, 0.6) is 0 Å².